The summed E-state index contributed by atoms with van der Waals surface area (Å²) < 4.78 is 0. The lowest BCUT2D eigenvalue weighted by Gasteiger charge is -2.25. The van der Waals surface area contributed by atoms with Crippen molar-refractivity contribution in [2.75, 3.05) is 0 Å². The summed E-state index contributed by atoms with van der Waals surface area (Å²) >= 11 is 0. The molecule has 18 heavy (non-hydrogen) atoms. The number of hydrogen-bond donors (Lipinski definition) is 2. The second-order valence-corrected chi connectivity index (χ2v) is 4.98. The number of carbonyl (C=O) groups excluding carboxylic acids is 1. The first-order chi connectivity index (χ1) is 8.37. The van der Waals surface area contributed by atoms with Gasteiger partial charge in [0, 0.05) is 6.04 Å². The van der Waals surface area contributed by atoms with E-state index in [-0.39, 0.29) is 17.9 Å². The number of benzene rings is 1. The lowest BCUT2D eigenvalue weighted by Crippen LogP contribution is -2.46. The van der Waals surface area contributed by atoms with Crippen molar-refractivity contribution in [1.82, 2.24) is 5.32 Å². The quantitative estimate of drug-likeness (QED) is 0.794. The van der Waals surface area contributed by atoms with E-state index in [4.69, 9.17) is 12.2 Å². The van der Waals surface area contributed by atoms with E-state index in [0.717, 1.165) is 5.56 Å². The van der Waals surface area contributed by atoms with Crippen LogP contribution >= 0.6 is 0 Å². The molecule has 0 aliphatic heterocycles. The summed E-state index contributed by atoms with van der Waals surface area (Å²) in [4.78, 5) is 12.0. The normalized spacial score (nSPS) is 14.4. The van der Waals surface area contributed by atoms with Crippen LogP contribution in [0.2, 0.25) is 0 Å². The molecule has 1 aromatic carbocycles. The van der Waals surface area contributed by atoms with Crippen molar-refractivity contribution in [2.24, 2.45) is 11.7 Å². The molecule has 96 valence electrons. The van der Waals surface area contributed by atoms with Gasteiger partial charge < -0.3 is 11.1 Å². The van der Waals surface area contributed by atoms with Crippen molar-refractivity contribution in [1.29, 1.82) is 0 Å². The van der Waals surface area contributed by atoms with Gasteiger partial charge in [0.2, 0.25) is 5.91 Å². The average molecular weight is 244 g/mol. The summed E-state index contributed by atoms with van der Waals surface area (Å²) in [6.45, 7) is 5.37. The van der Waals surface area contributed by atoms with Crippen molar-refractivity contribution in [3.05, 3.63) is 35.9 Å². The number of nitrogens with two attached hydrogens (primary N) is 1. The highest BCUT2D eigenvalue weighted by Gasteiger charge is 2.26. The molecular weight excluding hydrogens is 224 g/mol. The zero-order chi connectivity index (χ0) is 13.8. The molecule has 0 bridgehead atoms. The average Bonchev–Trinajstić information content (AvgIpc) is 2.37. The summed E-state index contributed by atoms with van der Waals surface area (Å²) in [5, 5.41) is 2.80. The van der Waals surface area contributed by atoms with Gasteiger partial charge in [0.05, 0.1) is 11.5 Å². The molecule has 0 spiro atoms. The Bertz CT molecular complexity index is 445. The molecule has 0 aromatic heterocycles. The maximum absolute atomic E-state index is 12.0. The maximum atomic E-state index is 12.0. The molecule has 3 heteroatoms. The molecule has 0 aliphatic rings. The van der Waals surface area contributed by atoms with Gasteiger partial charge in [-0.25, -0.2) is 0 Å². The summed E-state index contributed by atoms with van der Waals surface area (Å²) in [5.74, 6) is 2.07. The minimum absolute atomic E-state index is 0.130. The molecule has 1 aromatic rings. The molecule has 1 amide bonds. The summed E-state index contributed by atoms with van der Waals surface area (Å²) in [7, 11) is 0. The Hall–Kier alpha value is -1.79. The van der Waals surface area contributed by atoms with E-state index in [0.29, 0.717) is 0 Å². The molecule has 0 saturated heterocycles. The second kappa shape index (κ2) is 5.70. The van der Waals surface area contributed by atoms with E-state index in [9.17, 15) is 4.79 Å². The van der Waals surface area contributed by atoms with E-state index >= 15 is 0 Å². The molecule has 2 atom stereocenters. The first-order valence-corrected chi connectivity index (χ1v) is 5.97. The van der Waals surface area contributed by atoms with Crippen LogP contribution in [0.5, 0.6) is 0 Å². The van der Waals surface area contributed by atoms with Crippen LogP contribution in [0.25, 0.3) is 0 Å². The molecule has 0 radical (unpaired) electrons. The molecule has 0 heterocycles. The van der Waals surface area contributed by atoms with E-state index in [1.165, 1.54) is 0 Å². The fourth-order valence-electron chi connectivity index (χ4n) is 1.58. The monoisotopic (exact) mass is 244 g/mol. The van der Waals surface area contributed by atoms with E-state index in [1.807, 2.05) is 30.3 Å². The van der Waals surface area contributed by atoms with Gasteiger partial charge in [0.15, 0.2) is 0 Å². The lowest BCUT2D eigenvalue weighted by atomic mass is 9.93. The first-order valence-electron chi connectivity index (χ1n) is 5.97. The molecule has 0 fully saturated rings. The van der Waals surface area contributed by atoms with Gasteiger partial charge in [-0.2, -0.15) is 0 Å². The maximum Gasteiger partial charge on any atom is 0.225 e. The molecule has 0 aliphatic carbocycles. The van der Waals surface area contributed by atoms with Crippen molar-refractivity contribution < 1.29 is 4.79 Å². The molecular formula is C15H20N2O. The molecule has 0 saturated carbocycles. The van der Waals surface area contributed by atoms with Crippen LogP contribution in [0, 0.1) is 18.3 Å². The lowest BCUT2D eigenvalue weighted by molar-refractivity contribution is -0.126. The van der Waals surface area contributed by atoms with Gasteiger partial charge >= 0.3 is 0 Å². The van der Waals surface area contributed by atoms with Crippen LogP contribution < -0.4 is 11.1 Å². The van der Waals surface area contributed by atoms with Gasteiger partial charge in [-0.15, -0.1) is 6.42 Å². The zero-order valence-electron chi connectivity index (χ0n) is 11.1. The number of amides is 1. The predicted octanol–water partition coefficient (Wildman–Crippen LogP) is 1.85. The molecule has 1 rings (SSSR count). The Kier molecular flexibility index (Phi) is 4.52. The fraction of sp³-hybridized carbons (Fsp3) is 0.400. The highest BCUT2D eigenvalue weighted by atomic mass is 16.2. The van der Waals surface area contributed by atoms with Crippen LogP contribution in [0.1, 0.15) is 32.4 Å². The Balaban J connectivity index is 2.74. The number of nitrogens with one attached hydrogen (secondary N) is 1. The zero-order valence-corrected chi connectivity index (χ0v) is 11.1. The van der Waals surface area contributed by atoms with Crippen LogP contribution in [-0.4, -0.2) is 11.4 Å². The van der Waals surface area contributed by atoms with E-state index < -0.39 is 5.54 Å². The summed E-state index contributed by atoms with van der Waals surface area (Å²) in [5.41, 5.74) is 6.38. The van der Waals surface area contributed by atoms with Crippen molar-refractivity contribution >= 4 is 5.91 Å². The summed E-state index contributed by atoms with van der Waals surface area (Å²) in [6.07, 6.45) is 5.35. The number of hydrogen-bond acceptors (Lipinski definition) is 2. The van der Waals surface area contributed by atoms with Crippen molar-refractivity contribution in [3.8, 4) is 12.3 Å². The Morgan fingerprint density at radius 3 is 2.44 bits per heavy atom. The third-order valence-electron chi connectivity index (χ3n) is 2.93. The third-order valence-corrected chi connectivity index (χ3v) is 2.93. The van der Waals surface area contributed by atoms with Crippen LogP contribution in [0.15, 0.2) is 30.3 Å². The molecule has 2 unspecified atom stereocenters. The second-order valence-electron chi connectivity index (χ2n) is 4.98. The van der Waals surface area contributed by atoms with Crippen LogP contribution in [-0.2, 0) is 4.79 Å². The first kappa shape index (κ1) is 14.3. The van der Waals surface area contributed by atoms with Gasteiger partial charge in [0.1, 0.15) is 0 Å². The Morgan fingerprint density at radius 2 is 1.94 bits per heavy atom. The third kappa shape index (κ3) is 3.61. The van der Waals surface area contributed by atoms with Gasteiger partial charge in [-0.05, 0) is 19.4 Å². The van der Waals surface area contributed by atoms with Crippen LogP contribution in [0.3, 0.4) is 0 Å². The summed E-state index contributed by atoms with van der Waals surface area (Å²) in [6, 6.07) is 9.24. The van der Waals surface area contributed by atoms with Gasteiger partial charge in [0.25, 0.3) is 0 Å². The van der Waals surface area contributed by atoms with Crippen molar-refractivity contribution in [3.63, 3.8) is 0 Å². The SMILES string of the molecule is C#CC(C)(C)NC(=O)C(C)C(N)c1ccccc1. The highest BCUT2D eigenvalue weighted by molar-refractivity contribution is 5.80. The number of terminal acetylenes is 1. The number of carbonyl (C=O) groups is 1. The van der Waals surface area contributed by atoms with Crippen molar-refractivity contribution in [2.45, 2.75) is 32.4 Å². The minimum Gasteiger partial charge on any atom is -0.340 e. The minimum atomic E-state index is -0.651. The van der Waals surface area contributed by atoms with Gasteiger partial charge in [-0.3, -0.25) is 4.79 Å². The molecule has 3 N–H and O–H groups in total. The van der Waals surface area contributed by atoms with E-state index in [2.05, 4.69) is 11.2 Å². The van der Waals surface area contributed by atoms with E-state index in [1.54, 1.807) is 20.8 Å². The van der Waals surface area contributed by atoms with Gasteiger partial charge in [-0.1, -0.05) is 43.2 Å². The number of rotatable bonds is 4. The highest BCUT2D eigenvalue weighted by Crippen LogP contribution is 2.19. The predicted molar refractivity (Wildman–Crippen MR) is 73.6 cm³/mol. The smallest absolute Gasteiger partial charge is 0.225 e. The largest absolute Gasteiger partial charge is 0.340 e. The van der Waals surface area contributed by atoms with Crippen LogP contribution in [0.4, 0.5) is 0 Å². The molecule has 3 nitrogen and oxygen atoms in total. The topological polar surface area (TPSA) is 55.1 Å². The Morgan fingerprint density at radius 1 is 1.39 bits per heavy atom. The fourth-order valence-corrected chi connectivity index (χ4v) is 1.58. The standard InChI is InChI=1S/C15H20N2O/c1-5-15(3,4)17-14(18)11(2)13(16)12-9-7-6-8-10-12/h1,6-11,13H,16H2,2-4H3,(H,17,18). The Labute approximate surface area is 109 Å².